The van der Waals surface area contributed by atoms with Gasteiger partial charge in [-0.1, -0.05) is 48.5 Å². The number of carbonyl (C=O) groups is 1. The minimum absolute atomic E-state index is 0.395. The summed E-state index contributed by atoms with van der Waals surface area (Å²) >= 11 is 0. The Labute approximate surface area is 148 Å². The molecule has 0 saturated carbocycles. The highest BCUT2D eigenvalue weighted by molar-refractivity contribution is 5.90. The lowest BCUT2D eigenvalue weighted by Crippen LogP contribution is -2.01. The molecule has 0 unspecified atom stereocenters. The van der Waals surface area contributed by atoms with Gasteiger partial charge in [0.1, 0.15) is 11.5 Å². The summed E-state index contributed by atoms with van der Waals surface area (Å²) in [7, 11) is 4.40. The highest BCUT2D eigenvalue weighted by Gasteiger charge is 2.09. The zero-order valence-electron chi connectivity index (χ0n) is 14.9. The van der Waals surface area contributed by atoms with E-state index in [1.807, 2.05) is 43.3 Å². The van der Waals surface area contributed by atoms with Crippen LogP contribution in [0.1, 0.15) is 12.5 Å². The van der Waals surface area contributed by atoms with E-state index in [1.54, 1.807) is 7.11 Å². The minimum atomic E-state index is -0.482. The maximum Gasteiger partial charge on any atom is 0.334 e. The first-order valence-corrected chi connectivity index (χ1v) is 7.85. The third-order valence-corrected chi connectivity index (χ3v) is 3.87. The lowest BCUT2D eigenvalue weighted by atomic mass is 10.0. The molecule has 0 amide bonds. The topological polar surface area (TPSA) is 44.8 Å². The summed E-state index contributed by atoms with van der Waals surface area (Å²) in [5, 5.41) is 2.33. The number of methoxy groups -OCH3 is 3. The monoisotopic (exact) mass is 338 g/mol. The Morgan fingerprint density at radius 3 is 2.32 bits per heavy atom. The van der Waals surface area contributed by atoms with Crippen molar-refractivity contribution in [3.8, 4) is 0 Å². The second-order valence-corrected chi connectivity index (χ2v) is 5.33. The Kier molecular flexibility index (Phi) is 6.40. The van der Waals surface area contributed by atoms with Crippen LogP contribution in [0.3, 0.4) is 0 Å². The molecule has 2 aromatic rings. The maximum absolute atomic E-state index is 11.5. The van der Waals surface area contributed by atoms with E-state index in [0.717, 1.165) is 10.9 Å². The number of esters is 1. The van der Waals surface area contributed by atoms with Gasteiger partial charge in [-0.3, -0.25) is 0 Å². The molecule has 0 bridgehead atoms. The maximum atomic E-state index is 11.5. The summed E-state index contributed by atoms with van der Waals surface area (Å²) < 4.78 is 15.4. The molecule has 25 heavy (non-hydrogen) atoms. The molecular weight excluding hydrogens is 316 g/mol. The average Bonchev–Trinajstić information content (AvgIpc) is 2.66. The molecule has 2 rings (SSSR count). The number of hydrogen-bond donors (Lipinski definition) is 0. The number of ether oxygens (including phenoxy) is 3. The summed E-state index contributed by atoms with van der Waals surface area (Å²) in [5.74, 6) is 0.515. The van der Waals surface area contributed by atoms with Gasteiger partial charge >= 0.3 is 5.97 Å². The van der Waals surface area contributed by atoms with Crippen LogP contribution in [0.2, 0.25) is 0 Å². The second kappa shape index (κ2) is 8.73. The van der Waals surface area contributed by atoms with Gasteiger partial charge in [-0.25, -0.2) is 4.79 Å². The molecule has 130 valence electrons. The predicted molar refractivity (Wildman–Crippen MR) is 99.8 cm³/mol. The zero-order valence-corrected chi connectivity index (χ0v) is 14.9. The van der Waals surface area contributed by atoms with Crippen molar-refractivity contribution in [3.05, 3.63) is 77.3 Å². The van der Waals surface area contributed by atoms with Gasteiger partial charge in [0.25, 0.3) is 0 Å². The number of carbonyl (C=O) groups excluding carboxylic acids is 1. The molecule has 2 aromatic carbocycles. The number of benzene rings is 2. The Morgan fingerprint density at radius 2 is 1.64 bits per heavy atom. The van der Waals surface area contributed by atoms with E-state index in [4.69, 9.17) is 9.47 Å². The summed E-state index contributed by atoms with van der Waals surface area (Å²) in [5.41, 5.74) is 1.78. The first kappa shape index (κ1) is 18.3. The Hall–Kier alpha value is -3.01. The standard InChI is InChI=1S/C21H22O4/c1-15(20(24-3)14-21(22)25-4)19(23-2)13-12-17-10-7-9-16-8-5-6-11-18(16)17/h5-14H,1-4H3/b13-12+,19-15+,20-14-. The van der Waals surface area contributed by atoms with E-state index < -0.39 is 5.97 Å². The van der Waals surface area contributed by atoms with Crippen molar-refractivity contribution >= 4 is 22.8 Å². The average molecular weight is 338 g/mol. The third-order valence-electron chi connectivity index (χ3n) is 3.87. The third kappa shape index (κ3) is 4.51. The fourth-order valence-electron chi connectivity index (χ4n) is 2.52. The van der Waals surface area contributed by atoms with Gasteiger partial charge < -0.3 is 14.2 Å². The Balaban J connectivity index is 2.41. The van der Waals surface area contributed by atoms with E-state index in [-0.39, 0.29) is 0 Å². The van der Waals surface area contributed by atoms with Crippen molar-refractivity contribution in [2.24, 2.45) is 0 Å². The van der Waals surface area contributed by atoms with Crippen LogP contribution in [0.25, 0.3) is 16.8 Å². The summed E-state index contributed by atoms with van der Waals surface area (Å²) in [6, 6.07) is 14.3. The first-order valence-electron chi connectivity index (χ1n) is 7.85. The number of hydrogen-bond acceptors (Lipinski definition) is 4. The SMILES string of the molecule is COC(=O)/C=C(OC)/C(C)=C(\C=C\c1cccc2ccccc12)OC. The highest BCUT2D eigenvalue weighted by Crippen LogP contribution is 2.22. The molecule has 0 spiro atoms. The number of rotatable bonds is 6. The van der Waals surface area contributed by atoms with E-state index >= 15 is 0 Å². The molecular formula is C21H22O4. The van der Waals surface area contributed by atoms with Gasteiger partial charge in [-0.15, -0.1) is 0 Å². The summed E-state index contributed by atoms with van der Waals surface area (Å²) in [6.45, 7) is 1.82. The van der Waals surface area contributed by atoms with E-state index in [1.165, 1.54) is 25.7 Å². The summed E-state index contributed by atoms with van der Waals surface area (Å²) in [6.07, 6.45) is 5.14. The Bertz CT molecular complexity index is 839. The molecule has 0 heterocycles. The van der Waals surface area contributed by atoms with E-state index in [0.29, 0.717) is 17.1 Å². The fraction of sp³-hybridized carbons (Fsp3) is 0.190. The molecule has 4 nitrogen and oxygen atoms in total. The lowest BCUT2D eigenvalue weighted by molar-refractivity contribution is -0.135. The molecule has 0 aliphatic rings. The largest absolute Gasteiger partial charge is 0.496 e. The molecule has 0 atom stereocenters. The smallest absolute Gasteiger partial charge is 0.334 e. The molecule has 0 aliphatic carbocycles. The van der Waals surface area contributed by atoms with Crippen molar-refractivity contribution < 1.29 is 19.0 Å². The summed E-state index contributed by atoms with van der Waals surface area (Å²) in [4.78, 5) is 11.5. The van der Waals surface area contributed by atoms with Crippen LogP contribution in [-0.2, 0) is 19.0 Å². The number of allylic oxidation sites excluding steroid dienone is 2. The van der Waals surface area contributed by atoms with Gasteiger partial charge in [0.2, 0.25) is 0 Å². The highest BCUT2D eigenvalue weighted by atomic mass is 16.5. The molecule has 0 fully saturated rings. The van der Waals surface area contributed by atoms with Gasteiger partial charge in [0.05, 0.1) is 27.4 Å². The first-order chi connectivity index (χ1) is 12.1. The van der Waals surface area contributed by atoms with Gasteiger partial charge in [-0.05, 0) is 29.3 Å². The van der Waals surface area contributed by atoms with Crippen molar-refractivity contribution in [3.63, 3.8) is 0 Å². The molecule has 0 saturated heterocycles. The van der Waals surface area contributed by atoms with Gasteiger partial charge in [0, 0.05) is 5.57 Å². The molecule has 4 heteroatoms. The van der Waals surface area contributed by atoms with Crippen molar-refractivity contribution in [2.75, 3.05) is 21.3 Å². The van der Waals surface area contributed by atoms with Gasteiger partial charge in [-0.2, -0.15) is 0 Å². The minimum Gasteiger partial charge on any atom is -0.496 e. The van der Waals surface area contributed by atoms with Gasteiger partial charge in [0.15, 0.2) is 0 Å². The molecule has 0 aliphatic heterocycles. The van der Waals surface area contributed by atoms with Crippen LogP contribution in [0.15, 0.2) is 71.7 Å². The van der Waals surface area contributed by atoms with Crippen LogP contribution in [-0.4, -0.2) is 27.3 Å². The van der Waals surface area contributed by atoms with E-state index in [9.17, 15) is 4.79 Å². The van der Waals surface area contributed by atoms with Crippen LogP contribution in [0.4, 0.5) is 0 Å². The van der Waals surface area contributed by atoms with Crippen molar-refractivity contribution in [1.29, 1.82) is 0 Å². The number of fused-ring (bicyclic) bond motifs is 1. The lowest BCUT2D eigenvalue weighted by Gasteiger charge is -2.10. The van der Waals surface area contributed by atoms with E-state index in [2.05, 4.69) is 22.9 Å². The Morgan fingerprint density at radius 1 is 0.920 bits per heavy atom. The second-order valence-electron chi connectivity index (χ2n) is 5.33. The zero-order chi connectivity index (χ0) is 18.2. The molecule has 0 aromatic heterocycles. The van der Waals surface area contributed by atoms with Crippen molar-refractivity contribution in [2.45, 2.75) is 6.92 Å². The predicted octanol–water partition coefficient (Wildman–Crippen LogP) is 4.48. The molecule has 0 radical (unpaired) electrons. The van der Waals surface area contributed by atoms with Crippen LogP contribution in [0.5, 0.6) is 0 Å². The van der Waals surface area contributed by atoms with Crippen LogP contribution >= 0.6 is 0 Å². The van der Waals surface area contributed by atoms with Crippen molar-refractivity contribution in [1.82, 2.24) is 0 Å². The normalized spacial score (nSPS) is 12.9. The van der Waals surface area contributed by atoms with Crippen LogP contribution in [0, 0.1) is 0 Å². The van der Waals surface area contributed by atoms with Crippen LogP contribution < -0.4 is 0 Å². The molecule has 0 N–H and O–H groups in total. The quantitative estimate of drug-likeness (QED) is 0.337. The fourth-order valence-corrected chi connectivity index (χ4v) is 2.52.